The first-order chi connectivity index (χ1) is 14.5. The second-order valence-electron chi connectivity index (χ2n) is 9.16. The van der Waals surface area contributed by atoms with Crippen LogP contribution in [0.25, 0.3) is 10.9 Å². The van der Waals surface area contributed by atoms with E-state index in [0.717, 1.165) is 55.6 Å². The van der Waals surface area contributed by atoms with E-state index in [4.69, 9.17) is 0 Å². The van der Waals surface area contributed by atoms with Crippen molar-refractivity contribution >= 4 is 22.7 Å². The van der Waals surface area contributed by atoms with Crippen LogP contribution in [-0.2, 0) is 16.0 Å². The molecule has 2 aromatic heterocycles. The van der Waals surface area contributed by atoms with Gasteiger partial charge in [0.2, 0.25) is 11.8 Å². The van der Waals surface area contributed by atoms with Crippen molar-refractivity contribution in [2.24, 2.45) is 17.8 Å². The van der Waals surface area contributed by atoms with Crippen LogP contribution < -0.4 is 5.32 Å². The number of piperazine rings is 1. The molecule has 2 atom stereocenters. The number of hydrogen-bond donors (Lipinski definition) is 2. The highest BCUT2D eigenvalue weighted by atomic mass is 16.2. The summed E-state index contributed by atoms with van der Waals surface area (Å²) in [5, 5.41) is 4.08. The first kappa shape index (κ1) is 20.8. The molecule has 3 heterocycles. The molecule has 7 nitrogen and oxygen atoms in total. The van der Waals surface area contributed by atoms with Gasteiger partial charge in [0.25, 0.3) is 0 Å². The highest BCUT2D eigenvalue weighted by molar-refractivity contribution is 5.88. The molecule has 4 rings (SSSR count). The van der Waals surface area contributed by atoms with Gasteiger partial charge >= 0.3 is 0 Å². The van der Waals surface area contributed by atoms with Crippen molar-refractivity contribution in [2.75, 3.05) is 39.3 Å². The average molecular weight is 412 g/mol. The van der Waals surface area contributed by atoms with E-state index in [9.17, 15) is 9.59 Å². The topological polar surface area (TPSA) is 81.3 Å². The molecule has 2 aromatic rings. The zero-order valence-electron chi connectivity index (χ0n) is 18.1. The van der Waals surface area contributed by atoms with Crippen LogP contribution in [0.2, 0.25) is 0 Å². The average Bonchev–Trinajstić information content (AvgIpc) is 3.38. The quantitative estimate of drug-likeness (QED) is 0.697. The van der Waals surface area contributed by atoms with Gasteiger partial charge in [-0.3, -0.25) is 19.5 Å². The number of aromatic nitrogens is 2. The van der Waals surface area contributed by atoms with E-state index >= 15 is 0 Å². The monoisotopic (exact) mass is 411 g/mol. The number of carbonyl (C=O) groups excluding carboxylic acids is 2. The molecule has 1 aliphatic heterocycles. The molecule has 0 unspecified atom stereocenters. The van der Waals surface area contributed by atoms with Crippen LogP contribution in [0.15, 0.2) is 24.7 Å². The molecule has 0 spiro atoms. The van der Waals surface area contributed by atoms with Crippen LogP contribution in [-0.4, -0.2) is 70.9 Å². The van der Waals surface area contributed by atoms with E-state index < -0.39 is 0 Å². The number of H-pyrrole nitrogens is 1. The Morgan fingerprint density at radius 1 is 1.27 bits per heavy atom. The maximum atomic E-state index is 12.7. The van der Waals surface area contributed by atoms with E-state index in [0.29, 0.717) is 30.7 Å². The number of aromatic amines is 1. The summed E-state index contributed by atoms with van der Waals surface area (Å²) in [6.07, 6.45) is 8.02. The molecule has 1 aliphatic carbocycles. The fourth-order valence-electron chi connectivity index (χ4n) is 4.61. The van der Waals surface area contributed by atoms with Gasteiger partial charge < -0.3 is 15.2 Å². The number of pyridine rings is 1. The molecule has 2 aliphatic rings. The highest BCUT2D eigenvalue weighted by Crippen LogP contribution is 2.44. The third kappa shape index (κ3) is 5.01. The molecule has 1 saturated heterocycles. The van der Waals surface area contributed by atoms with Gasteiger partial charge in [0.15, 0.2) is 0 Å². The van der Waals surface area contributed by atoms with Gasteiger partial charge in [0, 0.05) is 63.0 Å². The lowest BCUT2D eigenvalue weighted by atomic mass is 10.1. The Labute approximate surface area is 178 Å². The lowest BCUT2D eigenvalue weighted by Gasteiger charge is -2.35. The van der Waals surface area contributed by atoms with Gasteiger partial charge in [0.05, 0.1) is 18.1 Å². The minimum absolute atomic E-state index is 0.0338. The first-order valence-electron chi connectivity index (χ1n) is 11.2. The fraction of sp³-hybridized carbons (Fsp3) is 0.609. The number of nitrogens with zero attached hydrogens (tertiary/aromatic N) is 3. The second-order valence-corrected chi connectivity index (χ2v) is 9.16. The van der Waals surface area contributed by atoms with E-state index in [1.807, 2.05) is 17.2 Å². The molecule has 162 valence electrons. The zero-order chi connectivity index (χ0) is 21.1. The van der Waals surface area contributed by atoms with Gasteiger partial charge in [-0.05, 0) is 36.3 Å². The molecule has 0 aromatic carbocycles. The molecule has 0 bridgehead atoms. The summed E-state index contributed by atoms with van der Waals surface area (Å²) in [5.74, 6) is 1.96. The SMILES string of the molecule is CC(C)C[C@@H]1C[C@H]1C(=O)N1CCN(CCNC(=O)Cc2c[nH]c3cnccc23)CC1. The lowest BCUT2D eigenvalue weighted by molar-refractivity contribution is -0.134. The van der Waals surface area contributed by atoms with Crippen molar-refractivity contribution in [3.63, 3.8) is 0 Å². The maximum Gasteiger partial charge on any atom is 0.226 e. The van der Waals surface area contributed by atoms with Crippen LogP contribution >= 0.6 is 0 Å². The molecule has 1 saturated carbocycles. The molecule has 2 fully saturated rings. The Hall–Kier alpha value is -2.41. The summed E-state index contributed by atoms with van der Waals surface area (Å²) >= 11 is 0. The summed E-state index contributed by atoms with van der Waals surface area (Å²) in [6, 6.07) is 1.93. The predicted octanol–water partition coefficient (Wildman–Crippen LogP) is 2.05. The van der Waals surface area contributed by atoms with Crippen molar-refractivity contribution in [1.82, 2.24) is 25.1 Å². The van der Waals surface area contributed by atoms with Gasteiger partial charge in [-0.1, -0.05) is 13.8 Å². The smallest absolute Gasteiger partial charge is 0.226 e. The van der Waals surface area contributed by atoms with Crippen LogP contribution in [0.1, 0.15) is 32.3 Å². The van der Waals surface area contributed by atoms with Crippen LogP contribution in [0.4, 0.5) is 0 Å². The molecule has 30 heavy (non-hydrogen) atoms. The van der Waals surface area contributed by atoms with Gasteiger partial charge in [-0.2, -0.15) is 0 Å². The van der Waals surface area contributed by atoms with E-state index in [1.54, 1.807) is 12.4 Å². The molecule has 0 radical (unpaired) electrons. The minimum Gasteiger partial charge on any atom is -0.360 e. The maximum absolute atomic E-state index is 12.7. The van der Waals surface area contributed by atoms with Crippen molar-refractivity contribution in [1.29, 1.82) is 0 Å². The van der Waals surface area contributed by atoms with Crippen LogP contribution in [0.5, 0.6) is 0 Å². The molecule has 2 amide bonds. The third-order valence-corrected chi connectivity index (χ3v) is 6.37. The number of nitrogens with one attached hydrogen (secondary N) is 2. The largest absolute Gasteiger partial charge is 0.360 e. The molecular weight excluding hydrogens is 378 g/mol. The molecule has 2 N–H and O–H groups in total. The van der Waals surface area contributed by atoms with Gasteiger partial charge in [-0.15, -0.1) is 0 Å². The molecule has 7 heteroatoms. The van der Waals surface area contributed by atoms with Crippen LogP contribution in [0, 0.1) is 17.8 Å². The number of amides is 2. The first-order valence-corrected chi connectivity index (χ1v) is 11.2. The van der Waals surface area contributed by atoms with Crippen molar-refractivity contribution in [3.05, 3.63) is 30.2 Å². The fourth-order valence-corrected chi connectivity index (χ4v) is 4.61. The second kappa shape index (κ2) is 9.16. The summed E-state index contributed by atoms with van der Waals surface area (Å²) in [6.45, 7) is 9.31. The Morgan fingerprint density at radius 2 is 2.07 bits per heavy atom. The number of fused-ring (bicyclic) bond motifs is 1. The Bertz CT molecular complexity index is 885. The number of hydrogen-bond acceptors (Lipinski definition) is 4. The standard InChI is InChI=1S/C23H33N5O2/c1-16(2)11-17-12-20(17)23(30)28-9-7-27(8-10-28)6-5-25-22(29)13-18-14-26-21-15-24-4-3-19(18)21/h3-4,14-17,20,26H,5-13H2,1-2H3,(H,25,29)/t17-,20-/m1/s1. The van der Waals surface area contributed by atoms with E-state index in [1.165, 1.54) is 6.42 Å². The Morgan fingerprint density at radius 3 is 2.83 bits per heavy atom. The summed E-state index contributed by atoms with van der Waals surface area (Å²) < 4.78 is 0. The Balaban J connectivity index is 1.14. The number of carbonyl (C=O) groups is 2. The normalized spacial score (nSPS) is 21.9. The van der Waals surface area contributed by atoms with Crippen molar-refractivity contribution in [2.45, 2.75) is 33.1 Å². The van der Waals surface area contributed by atoms with Gasteiger partial charge in [-0.25, -0.2) is 0 Å². The predicted molar refractivity (Wildman–Crippen MR) is 117 cm³/mol. The van der Waals surface area contributed by atoms with E-state index in [-0.39, 0.29) is 11.8 Å². The highest BCUT2D eigenvalue weighted by Gasteiger charge is 2.44. The van der Waals surface area contributed by atoms with Crippen molar-refractivity contribution < 1.29 is 9.59 Å². The summed E-state index contributed by atoms with van der Waals surface area (Å²) in [7, 11) is 0. The summed E-state index contributed by atoms with van der Waals surface area (Å²) in [4.78, 5) is 36.6. The van der Waals surface area contributed by atoms with E-state index in [2.05, 4.69) is 34.0 Å². The van der Waals surface area contributed by atoms with Gasteiger partial charge in [0.1, 0.15) is 0 Å². The zero-order valence-corrected chi connectivity index (χ0v) is 18.1. The van der Waals surface area contributed by atoms with Crippen molar-refractivity contribution in [3.8, 4) is 0 Å². The summed E-state index contributed by atoms with van der Waals surface area (Å²) in [5.41, 5.74) is 1.95. The third-order valence-electron chi connectivity index (χ3n) is 6.37. The number of rotatable bonds is 8. The van der Waals surface area contributed by atoms with Crippen LogP contribution in [0.3, 0.4) is 0 Å². The minimum atomic E-state index is 0.0338. The molecular formula is C23H33N5O2. The Kier molecular flexibility index (Phi) is 6.37. The lowest BCUT2D eigenvalue weighted by Crippen LogP contribution is -2.50.